The number of ketones is 1. The van der Waals surface area contributed by atoms with Crippen LogP contribution in [0, 0.1) is 15.5 Å². The second-order valence-electron chi connectivity index (χ2n) is 13.8. The van der Waals surface area contributed by atoms with Crippen LogP contribution in [-0.2, 0) is 31.8 Å². The molecule has 4 rings (SSSR count). The monoisotopic (exact) mass is 702 g/mol. The van der Waals surface area contributed by atoms with E-state index in [9.17, 15) is 24.5 Å². The third kappa shape index (κ3) is 9.49. The van der Waals surface area contributed by atoms with Crippen LogP contribution >= 0.6 is 0 Å². The van der Waals surface area contributed by atoms with Gasteiger partial charge in [-0.3, -0.25) is 24.6 Å². The largest absolute Gasteiger partial charge is 0.460 e. The fraction of sp³-hybridized carbons (Fsp3) is 0.487. The predicted molar refractivity (Wildman–Crippen MR) is 195 cm³/mol. The Morgan fingerprint density at radius 3 is 2.57 bits per heavy atom. The van der Waals surface area contributed by atoms with Crippen molar-refractivity contribution in [1.82, 2.24) is 9.78 Å². The Balaban J connectivity index is 1.78. The summed E-state index contributed by atoms with van der Waals surface area (Å²) in [6.07, 6.45) is 14.4. The van der Waals surface area contributed by atoms with Gasteiger partial charge < -0.3 is 14.2 Å². The first-order valence-electron chi connectivity index (χ1n) is 17.5. The van der Waals surface area contributed by atoms with E-state index in [1.807, 2.05) is 39.0 Å². The molecule has 0 saturated carbocycles. The first-order chi connectivity index (χ1) is 24.3. The minimum Gasteiger partial charge on any atom is -0.460 e. The van der Waals surface area contributed by atoms with E-state index in [0.717, 1.165) is 53.5 Å². The van der Waals surface area contributed by atoms with Gasteiger partial charge in [-0.05, 0) is 94.9 Å². The van der Waals surface area contributed by atoms with Gasteiger partial charge in [-0.2, -0.15) is 5.10 Å². The van der Waals surface area contributed by atoms with Crippen molar-refractivity contribution in [2.24, 2.45) is 5.41 Å². The number of benzene rings is 1. The molecule has 2 unspecified atom stereocenters. The molecule has 1 aromatic carbocycles. The Kier molecular flexibility index (Phi) is 13.3. The van der Waals surface area contributed by atoms with Gasteiger partial charge in [0.2, 0.25) is 5.78 Å². The number of nitro benzene ring substituents is 1. The standard InChI is InChI=1S/C39H50N4O8/c1-8-11-15-26(4)24-51-38(46)41(7)28-17-18-29(31(22-28)43(47)48)34(37(45)50-25-27(10-3)14-9-2)36(44)35-30-19-20-39(5,6)23-32(30)42(40-35)33-16-12-13-21-49-33/h8-11,14-15,17-18,22,33-34H,12-13,16,19-21,23-25H2,1-7H3/b11-8-,14-9-,26-15+,27-10+. The summed E-state index contributed by atoms with van der Waals surface area (Å²) in [6, 6.07) is 3.94. The normalized spacial score (nSPS) is 18.4. The first kappa shape index (κ1) is 39.0. The van der Waals surface area contributed by atoms with Crippen molar-refractivity contribution in [3.63, 3.8) is 0 Å². The van der Waals surface area contributed by atoms with Crippen molar-refractivity contribution in [3.8, 4) is 0 Å². The van der Waals surface area contributed by atoms with Gasteiger partial charge in [-0.25, -0.2) is 9.48 Å². The molecule has 0 spiro atoms. The highest BCUT2D eigenvalue weighted by molar-refractivity contribution is 6.13. The van der Waals surface area contributed by atoms with E-state index in [1.165, 1.54) is 19.2 Å². The van der Waals surface area contributed by atoms with Gasteiger partial charge >= 0.3 is 12.1 Å². The molecule has 1 fully saturated rings. The average Bonchev–Trinajstić information content (AvgIpc) is 3.49. The van der Waals surface area contributed by atoms with E-state index in [0.29, 0.717) is 25.0 Å². The number of carbonyl (C=O) groups excluding carboxylic acids is 3. The molecule has 0 radical (unpaired) electrons. The van der Waals surface area contributed by atoms with Gasteiger partial charge in [0.25, 0.3) is 5.69 Å². The van der Waals surface area contributed by atoms with Crippen molar-refractivity contribution in [2.75, 3.05) is 31.8 Å². The molecule has 274 valence electrons. The molecule has 1 saturated heterocycles. The fourth-order valence-corrected chi connectivity index (χ4v) is 6.33. The van der Waals surface area contributed by atoms with E-state index in [-0.39, 0.29) is 41.8 Å². The van der Waals surface area contributed by atoms with Crippen LogP contribution in [0.4, 0.5) is 16.2 Å². The molecule has 12 heteroatoms. The van der Waals surface area contributed by atoms with Crippen molar-refractivity contribution < 1.29 is 33.5 Å². The van der Waals surface area contributed by atoms with E-state index >= 15 is 0 Å². The lowest BCUT2D eigenvalue weighted by Crippen LogP contribution is -2.29. The number of anilines is 1. The number of allylic oxidation sites excluding steroid dienone is 5. The molecule has 2 aromatic rings. The maximum Gasteiger partial charge on any atom is 0.414 e. The number of rotatable bonds is 13. The molecule has 1 aromatic heterocycles. The zero-order valence-corrected chi connectivity index (χ0v) is 30.8. The quantitative estimate of drug-likeness (QED) is 0.0505. The second kappa shape index (κ2) is 17.4. The van der Waals surface area contributed by atoms with E-state index in [1.54, 1.807) is 29.8 Å². The van der Waals surface area contributed by atoms with Crippen molar-refractivity contribution >= 4 is 29.2 Å². The summed E-state index contributed by atoms with van der Waals surface area (Å²) in [5, 5.41) is 17.4. The molecule has 12 nitrogen and oxygen atoms in total. The Morgan fingerprint density at radius 1 is 1.16 bits per heavy atom. The Morgan fingerprint density at radius 2 is 1.92 bits per heavy atom. The van der Waals surface area contributed by atoms with Gasteiger partial charge in [0.1, 0.15) is 25.1 Å². The summed E-state index contributed by atoms with van der Waals surface area (Å²) in [5.41, 5.74) is 2.63. The number of carbonyl (C=O) groups is 3. The van der Waals surface area contributed by atoms with Crippen LogP contribution in [0.15, 0.2) is 65.8 Å². The van der Waals surface area contributed by atoms with E-state index in [4.69, 9.17) is 19.3 Å². The average molecular weight is 703 g/mol. The number of nitrogens with zero attached hydrogens (tertiary/aromatic N) is 4. The number of hydrogen-bond acceptors (Lipinski definition) is 9. The molecular weight excluding hydrogens is 652 g/mol. The third-order valence-corrected chi connectivity index (χ3v) is 9.29. The SMILES string of the molecule is C/C=C\C=C(/C)COC(=O)N(C)c1ccc(C(C(=O)OCC(/C=C\C)=C/C)C(=O)c2nn(C3CCCCO3)c3c2CCC(C)(C)C3)c([N+](=O)[O-])c1. The van der Waals surface area contributed by atoms with Crippen LogP contribution in [-0.4, -0.2) is 59.4 Å². The zero-order chi connectivity index (χ0) is 37.3. The third-order valence-electron chi connectivity index (χ3n) is 9.29. The number of Topliss-reactive ketones (excluding diaryl/α,β-unsaturated/α-hetero) is 1. The second-order valence-corrected chi connectivity index (χ2v) is 13.8. The highest BCUT2D eigenvalue weighted by Crippen LogP contribution is 2.41. The van der Waals surface area contributed by atoms with Crippen LogP contribution in [0.1, 0.15) is 107 Å². The van der Waals surface area contributed by atoms with E-state index < -0.39 is 34.4 Å². The minimum absolute atomic E-state index is 0.0254. The van der Waals surface area contributed by atoms with Crippen LogP contribution in [0.5, 0.6) is 0 Å². The topological polar surface area (TPSA) is 143 Å². The van der Waals surface area contributed by atoms with Gasteiger partial charge in [0.05, 0.1) is 16.2 Å². The Bertz CT molecular complexity index is 1740. The molecule has 2 aliphatic rings. The molecular formula is C39H50N4O8. The molecule has 1 aliphatic carbocycles. The Labute approximate surface area is 300 Å². The maximum absolute atomic E-state index is 14.7. The number of fused-ring (bicyclic) bond motifs is 1. The van der Waals surface area contributed by atoms with Crippen molar-refractivity contribution in [2.45, 2.75) is 92.2 Å². The highest BCUT2D eigenvalue weighted by atomic mass is 16.6. The molecule has 1 aliphatic heterocycles. The molecule has 0 bridgehead atoms. The van der Waals surface area contributed by atoms with Gasteiger partial charge in [-0.1, -0.05) is 50.3 Å². The molecule has 2 heterocycles. The van der Waals surface area contributed by atoms with Crippen LogP contribution in [0.2, 0.25) is 0 Å². The number of aromatic nitrogens is 2. The number of hydrogen-bond donors (Lipinski definition) is 0. The number of esters is 1. The molecule has 2 atom stereocenters. The maximum atomic E-state index is 14.7. The van der Waals surface area contributed by atoms with Gasteiger partial charge in [0.15, 0.2) is 5.92 Å². The minimum atomic E-state index is -1.70. The smallest absolute Gasteiger partial charge is 0.414 e. The van der Waals surface area contributed by atoms with Gasteiger partial charge in [-0.15, -0.1) is 0 Å². The summed E-state index contributed by atoms with van der Waals surface area (Å²) in [7, 11) is 1.43. The number of ether oxygens (including phenoxy) is 3. The lowest BCUT2D eigenvalue weighted by molar-refractivity contribution is -0.385. The summed E-state index contributed by atoms with van der Waals surface area (Å²) in [4.78, 5) is 54.7. The summed E-state index contributed by atoms with van der Waals surface area (Å²) < 4.78 is 19.0. The summed E-state index contributed by atoms with van der Waals surface area (Å²) in [5.74, 6) is -3.33. The van der Waals surface area contributed by atoms with Crippen molar-refractivity contribution in [1.29, 1.82) is 0 Å². The summed E-state index contributed by atoms with van der Waals surface area (Å²) >= 11 is 0. The number of nitro groups is 1. The number of amides is 1. The zero-order valence-electron chi connectivity index (χ0n) is 30.8. The van der Waals surface area contributed by atoms with Crippen LogP contribution in [0.25, 0.3) is 0 Å². The predicted octanol–water partition coefficient (Wildman–Crippen LogP) is 8.13. The molecule has 51 heavy (non-hydrogen) atoms. The van der Waals surface area contributed by atoms with Crippen molar-refractivity contribution in [3.05, 3.63) is 98.4 Å². The van der Waals surface area contributed by atoms with Crippen LogP contribution in [0.3, 0.4) is 0 Å². The van der Waals surface area contributed by atoms with Crippen LogP contribution < -0.4 is 4.90 Å². The first-order valence-corrected chi connectivity index (χ1v) is 17.5. The summed E-state index contributed by atoms with van der Waals surface area (Å²) in [6.45, 7) is 12.1. The highest BCUT2D eigenvalue weighted by Gasteiger charge is 2.42. The molecule has 0 N–H and O–H groups in total. The van der Waals surface area contributed by atoms with E-state index in [2.05, 4.69) is 13.8 Å². The molecule has 1 amide bonds. The lowest BCUT2D eigenvalue weighted by Gasteiger charge is -2.32. The fourth-order valence-electron chi connectivity index (χ4n) is 6.33. The Hall–Kier alpha value is -4.84. The lowest BCUT2D eigenvalue weighted by atomic mass is 9.75. The van der Waals surface area contributed by atoms with Gasteiger partial charge in [0, 0.05) is 31.0 Å².